The van der Waals surface area contributed by atoms with Crippen molar-refractivity contribution in [3.05, 3.63) is 36.1 Å². The van der Waals surface area contributed by atoms with Gasteiger partial charge in [0.25, 0.3) is 15.9 Å². The van der Waals surface area contributed by atoms with Gasteiger partial charge in [0.1, 0.15) is 0 Å². The summed E-state index contributed by atoms with van der Waals surface area (Å²) in [6.45, 7) is 0.386. The van der Waals surface area contributed by atoms with Crippen molar-refractivity contribution in [2.24, 2.45) is 0 Å². The van der Waals surface area contributed by atoms with Gasteiger partial charge in [-0.05, 0) is 12.1 Å². The van der Waals surface area contributed by atoms with E-state index in [0.29, 0.717) is 13.0 Å². The van der Waals surface area contributed by atoms with Gasteiger partial charge in [0.2, 0.25) is 5.09 Å². The molecule has 0 aromatic carbocycles. The van der Waals surface area contributed by atoms with Crippen LogP contribution in [0.1, 0.15) is 16.2 Å². The average molecular weight is 312 g/mol. The number of aromatic amines is 1. The number of H-pyrrole nitrogens is 1. The van der Waals surface area contributed by atoms with Crippen LogP contribution in [-0.4, -0.2) is 49.2 Å². The molecule has 0 aliphatic carbocycles. The molecule has 0 bridgehead atoms. The van der Waals surface area contributed by atoms with E-state index in [4.69, 9.17) is 4.42 Å². The minimum Gasteiger partial charge on any atom is -0.438 e. The van der Waals surface area contributed by atoms with E-state index in [1.165, 1.54) is 26.2 Å². The molecule has 8 nitrogen and oxygen atoms in total. The highest BCUT2D eigenvalue weighted by atomic mass is 32.2. The summed E-state index contributed by atoms with van der Waals surface area (Å²) in [6.07, 6.45) is 3.82. The van der Waals surface area contributed by atoms with Gasteiger partial charge in [0.15, 0.2) is 5.76 Å². The highest BCUT2D eigenvalue weighted by Crippen LogP contribution is 2.16. The molecule has 2 rings (SSSR count). The molecule has 1 amide bonds. The van der Waals surface area contributed by atoms with E-state index in [-0.39, 0.29) is 10.9 Å². The molecule has 0 aliphatic heterocycles. The second-order valence-corrected chi connectivity index (χ2v) is 6.57. The number of amides is 1. The Labute approximate surface area is 122 Å². The molecule has 2 aromatic rings. The van der Waals surface area contributed by atoms with Crippen molar-refractivity contribution in [3.8, 4) is 0 Å². The predicted molar refractivity (Wildman–Crippen MR) is 74.2 cm³/mol. The largest absolute Gasteiger partial charge is 0.438 e. The van der Waals surface area contributed by atoms with E-state index in [1.54, 1.807) is 12.5 Å². The molecule has 0 saturated carbocycles. The van der Waals surface area contributed by atoms with Crippen LogP contribution in [0.2, 0.25) is 0 Å². The first kappa shape index (κ1) is 15.3. The third-order valence-corrected chi connectivity index (χ3v) is 4.46. The number of nitrogens with one attached hydrogen (secondary N) is 2. The summed E-state index contributed by atoms with van der Waals surface area (Å²) in [5.41, 5.74) is 0.894. The number of hydrogen-bond acceptors (Lipinski definition) is 5. The zero-order valence-corrected chi connectivity index (χ0v) is 12.5. The number of hydrogen-bond donors (Lipinski definition) is 2. The summed E-state index contributed by atoms with van der Waals surface area (Å²) >= 11 is 0. The molecule has 9 heteroatoms. The Kier molecular flexibility index (Phi) is 4.43. The van der Waals surface area contributed by atoms with Crippen LogP contribution in [0.4, 0.5) is 0 Å². The number of furan rings is 1. The van der Waals surface area contributed by atoms with Gasteiger partial charge in [-0.25, -0.2) is 17.7 Å². The van der Waals surface area contributed by atoms with E-state index in [0.717, 1.165) is 10.00 Å². The van der Waals surface area contributed by atoms with E-state index in [9.17, 15) is 13.2 Å². The fourth-order valence-corrected chi connectivity index (χ4v) is 2.37. The van der Waals surface area contributed by atoms with E-state index in [1.807, 2.05) is 0 Å². The molecule has 2 heterocycles. The summed E-state index contributed by atoms with van der Waals surface area (Å²) < 4.78 is 29.8. The maximum absolute atomic E-state index is 11.8. The topological polar surface area (TPSA) is 108 Å². The van der Waals surface area contributed by atoms with Crippen molar-refractivity contribution in [1.82, 2.24) is 19.6 Å². The van der Waals surface area contributed by atoms with Crippen molar-refractivity contribution in [1.29, 1.82) is 0 Å². The van der Waals surface area contributed by atoms with Crippen LogP contribution < -0.4 is 5.32 Å². The first-order valence-corrected chi connectivity index (χ1v) is 7.63. The Balaban J connectivity index is 1.96. The summed E-state index contributed by atoms with van der Waals surface area (Å²) in [6, 6.07) is 2.60. The normalized spacial score (nSPS) is 11.8. The third-order valence-electron chi connectivity index (χ3n) is 2.77. The van der Waals surface area contributed by atoms with Gasteiger partial charge in [-0.2, -0.15) is 0 Å². The van der Waals surface area contributed by atoms with Gasteiger partial charge in [0, 0.05) is 39.0 Å². The number of carbonyl (C=O) groups excluding carboxylic acids is 1. The lowest BCUT2D eigenvalue weighted by Gasteiger charge is -2.07. The molecule has 0 aliphatic rings. The Morgan fingerprint density at radius 1 is 1.43 bits per heavy atom. The first-order chi connectivity index (χ1) is 9.91. The summed E-state index contributed by atoms with van der Waals surface area (Å²) in [7, 11) is -0.890. The first-order valence-electron chi connectivity index (χ1n) is 6.19. The minimum atomic E-state index is -3.67. The van der Waals surface area contributed by atoms with Crippen molar-refractivity contribution >= 4 is 15.9 Å². The van der Waals surface area contributed by atoms with Gasteiger partial charge < -0.3 is 14.7 Å². The molecule has 0 radical (unpaired) electrons. The van der Waals surface area contributed by atoms with Crippen LogP contribution in [-0.2, 0) is 16.4 Å². The lowest BCUT2D eigenvalue weighted by molar-refractivity contribution is 0.0921. The fourth-order valence-electron chi connectivity index (χ4n) is 1.58. The maximum Gasteiger partial charge on any atom is 0.287 e. The van der Waals surface area contributed by atoms with Crippen LogP contribution in [0.5, 0.6) is 0 Å². The molecule has 2 aromatic heterocycles. The lowest BCUT2D eigenvalue weighted by Crippen LogP contribution is -2.25. The van der Waals surface area contributed by atoms with Crippen LogP contribution in [0, 0.1) is 0 Å². The SMILES string of the molecule is CN(C)S(=O)(=O)c1ccc(C(=O)NCCc2cnc[nH]2)o1. The Morgan fingerprint density at radius 3 is 2.81 bits per heavy atom. The monoisotopic (exact) mass is 312 g/mol. The second kappa shape index (κ2) is 6.10. The van der Waals surface area contributed by atoms with Crippen LogP contribution >= 0.6 is 0 Å². The Morgan fingerprint density at radius 2 is 2.19 bits per heavy atom. The zero-order chi connectivity index (χ0) is 15.5. The smallest absolute Gasteiger partial charge is 0.287 e. The molecular formula is C12H16N4O4S. The standard InChI is InChI=1S/C12H16N4O4S/c1-16(2)21(18,19)11-4-3-10(20-11)12(17)14-6-5-9-7-13-8-15-9/h3-4,7-8H,5-6H2,1-2H3,(H,13,15)(H,14,17). The molecule has 0 unspecified atom stereocenters. The fraction of sp³-hybridized carbons (Fsp3) is 0.333. The van der Waals surface area contributed by atoms with Crippen LogP contribution in [0.3, 0.4) is 0 Å². The molecule has 0 spiro atoms. The molecule has 2 N–H and O–H groups in total. The molecule has 114 valence electrons. The van der Waals surface area contributed by atoms with E-state index >= 15 is 0 Å². The summed E-state index contributed by atoms with van der Waals surface area (Å²) in [5, 5.41) is 2.38. The highest BCUT2D eigenvalue weighted by Gasteiger charge is 2.23. The minimum absolute atomic E-state index is 0.0416. The van der Waals surface area contributed by atoms with Crippen LogP contribution in [0.25, 0.3) is 0 Å². The average Bonchev–Trinajstić information content (AvgIpc) is 3.09. The van der Waals surface area contributed by atoms with Crippen molar-refractivity contribution in [3.63, 3.8) is 0 Å². The van der Waals surface area contributed by atoms with Crippen molar-refractivity contribution in [2.75, 3.05) is 20.6 Å². The Bertz CT molecular complexity index is 703. The van der Waals surface area contributed by atoms with Crippen LogP contribution in [0.15, 0.2) is 34.2 Å². The summed E-state index contributed by atoms with van der Waals surface area (Å²) in [5.74, 6) is -0.505. The molecule has 0 fully saturated rings. The molecule has 0 saturated heterocycles. The third kappa shape index (κ3) is 3.50. The van der Waals surface area contributed by atoms with E-state index < -0.39 is 15.9 Å². The number of aromatic nitrogens is 2. The number of imidazole rings is 1. The zero-order valence-electron chi connectivity index (χ0n) is 11.7. The van der Waals surface area contributed by atoms with Gasteiger partial charge in [0.05, 0.1) is 6.33 Å². The van der Waals surface area contributed by atoms with Crippen molar-refractivity contribution < 1.29 is 17.6 Å². The molecule has 21 heavy (non-hydrogen) atoms. The van der Waals surface area contributed by atoms with Crippen molar-refractivity contribution in [2.45, 2.75) is 11.5 Å². The number of sulfonamides is 1. The molecular weight excluding hydrogens is 296 g/mol. The molecule has 0 atom stereocenters. The predicted octanol–water partition coefficient (Wildman–Crippen LogP) is 0.225. The van der Waals surface area contributed by atoms with Gasteiger partial charge in [-0.3, -0.25) is 4.79 Å². The van der Waals surface area contributed by atoms with E-state index in [2.05, 4.69) is 15.3 Å². The maximum atomic E-state index is 11.8. The highest BCUT2D eigenvalue weighted by molar-refractivity contribution is 7.88. The van der Waals surface area contributed by atoms with Gasteiger partial charge >= 0.3 is 0 Å². The summed E-state index contributed by atoms with van der Waals surface area (Å²) in [4.78, 5) is 18.6. The quantitative estimate of drug-likeness (QED) is 0.793. The lowest BCUT2D eigenvalue weighted by atomic mass is 10.3. The number of carbonyl (C=O) groups is 1. The van der Waals surface area contributed by atoms with Gasteiger partial charge in [-0.1, -0.05) is 0 Å². The number of rotatable bonds is 6. The Hall–Kier alpha value is -2.13. The second-order valence-electron chi connectivity index (χ2n) is 4.49. The number of nitrogens with zero attached hydrogens (tertiary/aromatic N) is 2. The van der Waals surface area contributed by atoms with Gasteiger partial charge in [-0.15, -0.1) is 0 Å².